The van der Waals surface area contributed by atoms with Crippen molar-refractivity contribution in [3.63, 3.8) is 0 Å². The standard InChI is InChI=1S/C21H29N5O7/c22-17(28)10-15(25-18(29)13-7-4-8-23-13)20(31)24-14(9-12-5-2-1-3-6-12)19(30)26-16(11-27)21(32)33/h1-3,5-6,13-16,23,27H,4,7-11H2,(H2,22,28)(H,24,31)(H,25,29)(H,26,30)(H,32,33). The summed E-state index contributed by atoms with van der Waals surface area (Å²) in [6.07, 6.45) is 0.878. The molecule has 0 aliphatic carbocycles. The Kier molecular flexibility index (Phi) is 9.76. The SMILES string of the molecule is NC(=O)CC(NC(=O)C1CCCN1)C(=O)NC(Cc1ccccc1)C(=O)NC(CO)C(=O)O. The number of hydrogen-bond donors (Lipinski definition) is 7. The molecule has 1 aromatic carbocycles. The number of amides is 4. The number of rotatable bonds is 12. The summed E-state index contributed by atoms with van der Waals surface area (Å²) in [5, 5.41) is 28.4. The van der Waals surface area contributed by atoms with Gasteiger partial charge < -0.3 is 37.2 Å². The monoisotopic (exact) mass is 463 g/mol. The fraction of sp³-hybridized carbons (Fsp3) is 0.476. The van der Waals surface area contributed by atoms with Crippen LogP contribution in [0.5, 0.6) is 0 Å². The van der Waals surface area contributed by atoms with Crippen LogP contribution in [0.25, 0.3) is 0 Å². The maximum Gasteiger partial charge on any atom is 0.328 e. The van der Waals surface area contributed by atoms with Crippen LogP contribution in [0.15, 0.2) is 30.3 Å². The Morgan fingerprint density at radius 1 is 1.00 bits per heavy atom. The van der Waals surface area contributed by atoms with Gasteiger partial charge in [0.05, 0.1) is 19.1 Å². The molecular formula is C21H29N5O7. The topological polar surface area (TPSA) is 200 Å². The fourth-order valence-electron chi connectivity index (χ4n) is 3.38. The van der Waals surface area contributed by atoms with Crippen molar-refractivity contribution < 1.29 is 34.2 Å². The van der Waals surface area contributed by atoms with Gasteiger partial charge in [-0.25, -0.2) is 4.79 Å². The molecule has 4 amide bonds. The van der Waals surface area contributed by atoms with Crippen molar-refractivity contribution in [1.29, 1.82) is 0 Å². The molecule has 0 aromatic heterocycles. The largest absolute Gasteiger partial charge is 0.480 e. The molecule has 1 heterocycles. The van der Waals surface area contributed by atoms with Crippen molar-refractivity contribution in [3.8, 4) is 0 Å². The minimum absolute atomic E-state index is 0.00238. The number of nitrogens with one attached hydrogen (secondary N) is 4. The fourth-order valence-corrected chi connectivity index (χ4v) is 3.38. The van der Waals surface area contributed by atoms with E-state index in [9.17, 15) is 29.1 Å². The van der Waals surface area contributed by atoms with E-state index in [0.717, 1.165) is 6.42 Å². The Morgan fingerprint density at radius 3 is 2.18 bits per heavy atom. The zero-order valence-electron chi connectivity index (χ0n) is 18.0. The number of carboxylic acid groups (broad SMARTS) is 1. The molecule has 4 atom stereocenters. The van der Waals surface area contributed by atoms with Crippen LogP contribution in [0.2, 0.25) is 0 Å². The number of aliphatic carboxylic acids is 1. The maximum atomic E-state index is 12.9. The van der Waals surface area contributed by atoms with Gasteiger partial charge in [0, 0.05) is 6.42 Å². The highest BCUT2D eigenvalue weighted by Crippen LogP contribution is 2.08. The molecule has 12 heteroatoms. The number of carbonyl (C=O) groups excluding carboxylic acids is 4. The van der Waals surface area contributed by atoms with Gasteiger partial charge in [-0.3, -0.25) is 19.2 Å². The minimum Gasteiger partial charge on any atom is -0.480 e. The first-order valence-electron chi connectivity index (χ1n) is 10.5. The van der Waals surface area contributed by atoms with E-state index in [1.54, 1.807) is 30.3 Å². The third-order valence-corrected chi connectivity index (χ3v) is 5.13. The van der Waals surface area contributed by atoms with Crippen LogP contribution in [0.1, 0.15) is 24.8 Å². The highest BCUT2D eigenvalue weighted by molar-refractivity contribution is 5.96. The van der Waals surface area contributed by atoms with Gasteiger partial charge in [-0.2, -0.15) is 0 Å². The molecule has 2 rings (SSSR count). The predicted octanol–water partition coefficient (Wildman–Crippen LogP) is -2.61. The number of carbonyl (C=O) groups is 5. The third kappa shape index (κ3) is 8.16. The van der Waals surface area contributed by atoms with Gasteiger partial charge in [-0.05, 0) is 24.9 Å². The van der Waals surface area contributed by atoms with Crippen molar-refractivity contribution in [1.82, 2.24) is 21.3 Å². The average molecular weight is 463 g/mol. The van der Waals surface area contributed by atoms with Gasteiger partial charge in [-0.15, -0.1) is 0 Å². The van der Waals surface area contributed by atoms with Gasteiger partial charge in [0.1, 0.15) is 18.1 Å². The summed E-state index contributed by atoms with van der Waals surface area (Å²) < 4.78 is 0. The molecule has 0 spiro atoms. The number of aliphatic hydroxyl groups is 1. The second-order valence-electron chi connectivity index (χ2n) is 7.71. The normalized spacial score (nSPS) is 17.9. The van der Waals surface area contributed by atoms with Gasteiger partial charge in [0.25, 0.3) is 0 Å². The zero-order chi connectivity index (χ0) is 24.4. The Bertz CT molecular complexity index is 858. The first-order valence-corrected chi connectivity index (χ1v) is 10.5. The highest BCUT2D eigenvalue weighted by Gasteiger charge is 2.32. The van der Waals surface area contributed by atoms with E-state index in [1.807, 2.05) is 0 Å². The summed E-state index contributed by atoms with van der Waals surface area (Å²) in [6, 6.07) is 4.00. The van der Waals surface area contributed by atoms with Crippen LogP contribution in [0, 0.1) is 0 Å². The lowest BCUT2D eigenvalue weighted by Crippen LogP contribution is -2.58. The summed E-state index contributed by atoms with van der Waals surface area (Å²) in [5.74, 6) is -4.42. The second-order valence-corrected chi connectivity index (χ2v) is 7.71. The molecule has 12 nitrogen and oxygen atoms in total. The zero-order valence-corrected chi connectivity index (χ0v) is 18.0. The molecule has 0 saturated carbocycles. The van der Waals surface area contributed by atoms with Crippen molar-refractivity contribution in [2.24, 2.45) is 5.73 Å². The summed E-state index contributed by atoms with van der Waals surface area (Å²) >= 11 is 0. The lowest BCUT2D eigenvalue weighted by atomic mass is 10.0. The van der Waals surface area contributed by atoms with Crippen molar-refractivity contribution in [3.05, 3.63) is 35.9 Å². The van der Waals surface area contributed by atoms with Crippen LogP contribution in [-0.4, -0.2) is 77.1 Å². The minimum atomic E-state index is -1.57. The molecule has 1 aromatic rings. The second kappa shape index (κ2) is 12.5. The first-order chi connectivity index (χ1) is 15.7. The molecule has 1 fully saturated rings. The van der Waals surface area contributed by atoms with E-state index in [-0.39, 0.29) is 6.42 Å². The Morgan fingerprint density at radius 2 is 1.64 bits per heavy atom. The van der Waals surface area contributed by atoms with E-state index in [2.05, 4.69) is 21.3 Å². The number of hydrogen-bond acceptors (Lipinski definition) is 7. The van der Waals surface area contributed by atoms with Gasteiger partial charge >= 0.3 is 5.97 Å². The van der Waals surface area contributed by atoms with Crippen LogP contribution in [-0.2, 0) is 30.4 Å². The van der Waals surface area contributed by atoms with Gasteiger partial charge in [0.15, 0.2) is 0 Å². The van der Waals surface area contributed by atoms with Crippen molar-refractivity contribution in [2.75, 3.05) is 13.2 Å². The van der Waals surface area contributed by atoms with Crippen molar-refractivity contribution in [2.45, 2.75) is 49.9 Å². The number of aliphatic hydroxyl groups excluding tert-OH is 1. The molecule has 33 heavy (non-hydrogen) atoms. The summed E-state index contributed by atoms with van der Waals surface area (Å²) in [5.41, 5.74) is 5.90. The van der Waals surface area contributed by atoms with E-state index in [4.69, 9.17) is 10.8 Å². The quantitative estimate of drug-likeness (QED) is 0.175. The highest BCUT2D eigenvalue weighted by atomic mass is 16.4. The number of nitrogens with two attached hydrogens (primary N) is 1. The lowest BCUT2D eigenvalue weighted by Gasteiger charge is -2.24. The van der Waals surface area contributed by atoms with Gasteiger partial charge in [-0.1, -0.05) is 30.3 Å². The summed E-state index contributed by atoms with van der Waals surface area (Å²) in [6.45, 7) is -0.193. The molecule has 4 unspecified atom stereocenters. The molecule has 0 radical (unpaired) electrons. The Hall–Kier alpha value is -3.51. The van der Waals surface area contributed by atoms with Crippen LogP contribution in [0.4, 0.5) is 0 Å². The van der Waals surface area contributed by atoms with E-state index >= 15 is 0 Å². The summed E-state index contributed by atoms with van der Waals surface area (Å²) in [4.78, 5) is 60.8. The number of primary amides is 1. The molecule has 180 valence electrons. The molecule has 0 bridgehead atoms. The Labute approximate surface area is 190 Å². The molecule has 1 saturated heterocycles. The first kappa shape index (κ1) is 25.7. The molecule has 8 N–H and O–H groups in total. The average Bonchev–Trinajstić information content (AvgIpc) is 3.31. The number of carboxylic acids is 1. The van der Waals surface area contributed by atoms with Crippen LogP contribution < -0.4 is 27.0 Å². The molecule has 1 aliphatic heterocycles. The third-order valence-electron chi connectivity index (χ3n) is 5.13. The molecular weight excluding hydrogens is 434 g/mol. The number of benzene rings is 1. The maximum absolute atomic E-state index is 12.9. The van der Waals surface area contributed by atoms with Crippen molar-refractivity contribution >= 4 is 29.6 Å². The van der Waals surface area contributed by atoms with E-state index < -0.39 is 66.8 Å². The molecule has 1 aliphatic rings. The van der Waals surface area contributed by atoms with Crippen LogP contribution in [0.3, 0.4) is 0 Å². The Balaban J connectivity index is 2.17. The van der Waals surface area contributed by atoms with E-state index in [1.165, 1.54) is 0 Å². The van der Waals surface area contributed by atoms with Gasteiger partial charge in [0.2, 0.25) is 23.6 Å². The lowest BCUT2D eigenvalue weighted by molar-refractivity contribution is -0.143. The smallest absolute Gasteiger partial charge is 0.328 e. The van der Waals surface area contributed by atoms with Crippen LogP contribution >= 0.6 is 0 Å². The summed E-state index contributed by atoms with van der Waals surface area (Å²) in [7, 11) is 0. The predicted molar refractivity (Wildman–Crippen MR) is 115 cm³/mol. The van der Waals surface area contributed by atoms with E-state index in [0.29, 0.717) is 18.5 Å².